The summed E-state index contributed by atoms with van der Waals surface area (Å²) >= 11 is 0. The molecule has 1 aliphatic heterocycles. The molecule has 0 fully saturated rings. The van der Waals surface area contributed by atoms with Crippen LogP contribution in [-0.2, 0) is 11.2 Å². The summed E-state index contributed by atoms with van der Waals surface area (Å²) in [7, 11) is 0. The van der Waals surface area contributed by atoms with E-state index in [9.17, 15) is 9.18 Å². The van der Waals surface area contributed by atoms with E-state index in [1.165, 1.54) is 6.07 Å². The molecule has 2 aromatic carbocycles. The molecule has 0 bridgehead atoms. The van der Waals surface area contributed by atoms with Gasteiger partial charge >= 0.3 is 5.97 Å². The number of rotatable bonds is 1. The Morgan fingerprint density at radius 1 is 1.06 bits per heavy atom. The molecule has 0 aromatic heterocycles. The molecule has 0 N–H and O–H groups in total. The molecule has 1 atom stereocenters. The molecule has 1 unspecified atom stereocenters. The van der Waals surface area contributed by atoms with Crippen LogP contribution in [0.2, 0.25) is 0 Å². The number of fused-ring (bicyclic) bond motifs is 1. The van der Waals surface area contributed by atoms with E-state index in [4.69, 9.17) is 4.74 Å². The van der Waals surface area contributed by atoms with Crippen molar-refractivity contribution in [3.8, 4) is 0 Å². The molecular weight excluding hydrogens is 231 g/mol. The highest BCUT2D eigenvalue weighted by Crippen LogP contribution is 2.31. The van der Waals surface area contributed by atoms with Gasteiger partial charge in [-0.1, -0.05) is 42.5 Å². The van der Waals surface area contributed by atoms with Crippen LogP contribution in [0.15, 0.2) is 48.5 Å². The SMILES string of the molecule is O=C1OC(c2ccccc2)Cc2cccc(F)c21. The molecule has 2 aromatic rings. The average molecular weight is 242 g/mol. The first-order chi connectivity index (χ1) is 8.75. The molecule has 0 aliphatic carbocycles. The van der Waals surface area contributed by atoms with Crippen molar-refractivity contribution in [2.75, 3.05) is 0 Å². The third kappa shape index (κ3) is 1.78. The largest absolute Gasteiger partial charge is 0.453 e. The van der Waals surface area contributed by atoms with Crippen LogP contribution in [0.5, 0.6) is 0 Å². The Bertz CT molecular complexity index is 593. The summed E-state index contributed by atoms with van der Waals surface area (Å²) < 4.78 is 18.9. The van der Waals surface area contributed by atoms with Gasteiger partial charge in [-0.3, -0.25) is 0 Å². The fourth-order valence-corrected chi connectivity index (χ4v) is 2.25. The minimum atomic E-state index is -0.580. The number of cyclic esters (lactones) is 1. The van der Waals surface area contributed by atoms with Crippen LogP contribution in [0.25, 0.3) is 0 Å². The van der Waals surface area contributed by atoms with Crippen LogP contribution < -0.4 is 0 Å². The summed E-state index contributed by atoms with van der Waals surface area (Å²) in [5.74, 6) is -1.09. The summed E-state index contributed by atoms with van der Waals surface area (Å²) in [4.78, 5) is 11.8. The van der Waals surface area contributed by atoms with Gasteiger partial charge in [0.1, 0.15) is 11.9 Å². The standard InChI is InChI=1S/C15H11FO2/c16-12-8-4-7-11-9-13(18-15(17)14(11)12)10-5-2-1-3-6-10/h1-8,13H,9H2. The summed E-state index contributed by atoms with van der Waals surface area (Å²) in [6.07, 6.45) is 0.191. The van der Waals surface area contributed by atoms with Crippen LogP contribution in [0, 0.1) is 5.82 Å². The van der Waals surface area contributed by atoms with Crippen LogP contribution in [-0.4, -0.2) is 5.97 Å². The quantitative estimate of drug-likeness (QED) is 0.717. The number of carbonyl (C=O) groups is 1. The van der Waals surface area contributed by atoms with Crippen molar-refractivity contribution >= 4 is 5.97 Å². The smallest absolute Gasteiger partial charge is 0.342 e. The summed E-state index contributed by atoms with van der Waals surface area (Å²) in [5.41, 5.74) is 1.71. The zero-order valence-electron chi connectivity index (χ0n) is 9.60. The number of benzene rings is 2. The lowest BCUT2D eigenvalue weighted by atomic mass is 9.94. The van der Waals surface area contributed by atoms with Crippen molar-refractivity contribution in [1.82, 2.24) is 0 Å². The Hall–Kier alpha value is -2.16. The fourth-order valence-electron chi connectivity index (χ4n) is 2.25. The second-order valence-electron chi connectivity index (χ2n) is 4.28. The van der Waals surface area contributed by atoms with Crippen molar-refractivity contribution in [2.45, 2.75) is 12.5 Å². The number of hydrogen-bond acceptors (Lipinski definition) is 2. The van der Waals surface area contributed by atoms with Gasteiger partial charge in [-0.15, -0.1) is 0 Å². The second-order valence-corrected chi connectivity index (χ2v) is 4.28. The van der Waals surface area contributed by atoms with Gasteiger partial charge in [-0.2, -0.15) is 0 Å². The number of carbonyl (C=O) groups excluding carboxylic acids is 1. The number of halogens is 1. The fraction of sp³-hybridized carbons (Fsp3) is 0.133. The highest BCUT2D eigenvalue weighted by molar-refractivity contribution is 5.92. The molecule has 1 aliphatic rings. The molecule has 0 spiro atoms. The maximum atomic E-state index is 13.6. The van der Waals surface area contributed by atoms with Crippen LogP contribution >= 0.6 is 0 Å². The topological polar surface area (TPSA) is 26.3 Å². The maximum absolute atomic E-state index is 13.6. The molecular formula is C15H11FO2. The molecule has 3 heteroatoms. The molecule has 0 radical (unpaired) electrons. The summed E-state index contributed by atoms with van der Waals surface area (Å²) in [6, 6.07) is 14.2. The van der Waals surface area contributed by atoms with Crippen LogP contribution in [0.1, 0.15) is 27.6 Å². The van der Waals surface area contributed by atoms with Gasteiger partial charge in [-0.25, -0.2) is 9.18 Å². The Labute approximate surface area is 104 Å². The van der Waals surface area contributed by atoms with E-state index in [0.717, 1.165) is 5.56 Å². The Kier molecular flexibility index (Phi) is 2.59. The molecule has 0 amide bonds. The van der Waals surface area contributed by atoms with E-state index in [0.29, 0.717) is 12.0 Å². The van der Waals surface area contributed by atoms with Crippen molar-refractivity contribution in [3.05, 3.63) is 71.0 Å². The van der Waals surface area contributed by atoms with Gasteiger partial charge < -0.3 is 4.74 Å². The number of esters is 1. The Morgan fingerprint density at radius 2 is 1.83 bits per heavy atom. The molecule has 0 saturated heterocycles. The molecule has 0 saturated carbocycles. The average Bonchev–Trinajstić information content (AvgIpc) is 2.39. The van der Waals surface area contributed by atoms with Gasteiger partial charge in [-0.05, 0) is 17.2 Å². The zero-order chi connectivity index (χ0) is 12.5. The van der Waals surface area contributed by atoms with Gasteiger partial charge in [0.2, 0.25) is 0 Å². The second kappa shape index (κ2) is 4.26. The minimum absolute atomic E-state index is 0.0738. The van der Waals surface area contributed by atoms with Gasteiger partial charge in [0, 0.05) is 6.42 Å². The molecule has 3 rings (SSSR count). The summed E-state index contributed by atoms with van der Waals surface area (Å²) in [5, 5.41) is 0. The normalized spacial score (nSPS) is 18.1. The first kappa shape index (κ1) is 11.0. The van der Waals surface area contributed by atoms with Crippen molar-refractivity contribution in [1.29, 1.82) is 0 Å². The first-order valence-corrected chi connectivity index (χ1v) is 5.79. The van der Waals surface area contributed by atoms with Crippen LogP contribution in [0.3, 0.4) is 0 Å². The monoisotopic (exact) mass is 242 g/mol. The number of hydrogen-bond donors (Lipinski definition) is 0. The molecule has 90 valence electrons. The van der Waals surface area contributed by atoms with E-state index in [1.807, 2.05) is 30.3 Å². The predicted octanol–water partition coefficient (Wildman–Crippen LogP) is 3.28. The highest BCUT2D eigenvalue weighted by Gasteiger charge is 2.29. The predicted molar refractivity (Wildman–Crippen MR) is 64.7 cm³/mol. The highest BCUT2D eigenvalue weighted by atomic mass is 19.1. The third-order valence-electron chi connectivity index (χ3n) is 3.13. The van der Waals surface area contributed by atoms with Gasteiger partial charge in [0.05, 0.1) is 5.56 Å². The number of ether oxygens (including phenoxy) is 1. The Morgan fingerprint density at radius 3 is 2.61 bits per heavy atom. The van der Waals surface area contributed by atoms with Crippen molar-refractivity contribution < 1.29 is 13.9 Å². The first-order valence-electron chi connectivity index (χ1n) is 5.79. The lowest BCUT2D eigenvalue weighted by Crippen LogP contribution is -2.23. The van der Waals surface area contributed by atoms with E-state index >= 15 is 0 Å². The Balaban J connectivity index is 2.00. The van der Waals surface area contributed by atoms with Gasteiger partial charge in [0.15, 0.2) is 0 Å². The van der Waals surface area contributed by atoms with E-state index < -0.39 is 11.8 Å². The van der Waals surface area contributed by atoms with Crippen molar-refractivity contribution in [2.24, 2.45) is 0 Å². The van der Waals surface area contributed by atoms with Crippen molar-refractivity contribution in [3.63, 3.8) is 0 Å². The lowest BCUT2D eigenvalue weighted by Gasteiger charge is -2.25. The third-order valence-corrected chi connectivity index (χ3v) is 3.13. The van der Waals surface area contributed by atoms with Gasteiger partial charge in [0.25, 0.3) is 0 Å². The molecule has 1 heterocycles. The van der Waals surface area contributed by atoms with E-state index in [1.54, 1.807) is 12.1 Å². The van der Waals surface area contributed by atoms with E-state index in [-0.39, 0.29) is 11.7 Å². The van der Waals surface area contributed by atoms with E-state index in [2.05, 4.69) is 0 Å². The zero-order valence-corrected chi connectivity index (χ0v) is 9.60. The minimum Gasteiger partial charge on any atom is -0.453 e. The lowest BCUT2D eigenvalue weighted by molar-refractivity contribution is 0.0246. The summed E-state index contributed by atoms with van der Waals surface area (Å²) in [6.45, 7) is 0. The molecule has 18 heavy (non-hydrogen) atoms. The van der Waals surface area contributed by atoms with Crippen LogP contribution in [0.4, 0.5) is 4.39 Å². The maximum Gasteiger partial charge on any atom is 0.342 e. The molecule has 2 nitrogen and oxygen atoms in total.